The second-order valence-corrected chi connectivity index (χ2v) is 10.2. The summed E-state index contributed by atoms with van der Waals surface area (Å²) in [6.45, 7) is 3.43. The minimum atomic E-state index is -3.78. The largest absolute Gasteiger partial charge is 0.484 e. The van der Waals surface area contributed by atoms with Gasteiger partial charge < -0.3 is 10.1 Å². The van der Waals surface area contributed by atoms with Crippen molar-refractivity contribution in [3.8, 4) is 5.75 Å². The predicted octanol–water partition coefficient (Wildman–Crippen LogP) is 5.47. The Balaban J connectivity index is 1.60. The van der Waals surface area contributed by atoms with Crippen molar-refractivity contribution < 1.29 is 17.9 Å². The summed E-state index contributed by atoms with van der Waals surface area (Å²) in [7, 11) is -3.78. The fourth-order valence-electron chi connectivity index (χ4n) is 2.94. The van der Waals surface area contributed by atoms with Gasteiger partial charge in [-0.2, -0.15) is 0 Å². The number of aryl methyl sites for hydroxylation is 1. The molecule has 32 heavy (non-hydrogen) atoms. The Bertz CT molecular complexity index is 1200. The molecule has 6 nitrogen and oxygen atoms in total. The van der Waals surface area contributed by atoms with Gasteiger partial charge in [-0.3, -0.25) is 9.52 Å². The summed E-state index contributed by atoms with van der Waals surface area (Å²) in [5.41, 5.74) is 1.97. The fourth-order valence-corrected chi connectivity index (χ4v) is 4.48. The lowest BCUT2D eigenvalue weighted by molar-refractivity contribution is -0.123. The molecule has 0 aliphatic carbocycles. The van der Waals surface area contributed by atoms with E-state index in [4.69, 9.17) is 16.3 Å². The van der Waals surface area contributed by atoms with Crippen LogP contribution >= 0.6 is 27.5 Å². The van der Waals surface area contributed by atoms with Crippen LogP contribution < -0.4 is 14.8 Å². The molecule has 0 heterocycles. The van der Waals surface area contributed by atoms with Gasteiger partial charge >= 0.3 is 0 Å². The first-order valence-electron chi connectivity index (χ1n) is 9.71. The van der Waals surface area contributed by atoms with Crippen LogP contribution in [0.5, 0.6) is 5.75 Å². The quantitative estimate of drug-likeness (QED) is 0.399. The monoisotopic (exact) mass is 536 g/mol. The van der Waals surface area contributed by atoms with Crippen LogP contribution in [0.15, 0.2) is 76.1 Å². The number of carbonyl (C=O) groups is 1. The summed E-state index contributed by atoms with van der Waals surface area (Å²) in [6, 6.07) is 18.3. The number of halogens is 2. The molecule has 9 heteroatoms. The topological polar surface area (TPSA) is 84.5 Å². The fraction of sp³-hybridized carbons (Fsp3) is 0.174. The molecule has 0 aromatic heterocycles. The number of amides is 1. The van der Waals surface area contributed by atoms with Gasteiger partial charge in [0.1, 0.15) is 5.75 Å². The van der Waals surface area contributed by atoms with Gasteiger partial charge in [0, 0.05) is 15.2 Å². The Kier molecular flexibility index (Phi) is 7.82. The Morgan fingerprint density at radius 3 is 2.34 bits per heavy atom. The number of ether oxygens (including phenoxy) is 1. The standard InChI is InChI=1S/C23H22BrClN2O4S/c1-15-13-21(32(29,30)27-20-9-7-19(25)8-10-20)11-12-22(15)31-14-23(28)26-16(2)17-3-5-18(24)6-4-17/h3-13,16,27H,14H2,1-2H3,(H,26,28). The van der Waals surface area contributed by atoms with E-state index in [1.807, 2.05) is 31.2 Å². The normalized spacial score (nSPS) is 12.1. The second-order valence-electron chi connectivity index (χ2n) is 7.17. The highest BCUT2D eigenvalue weighted by Gasteiger charge is 2.17. The van der Waals surface area contributed by atoms with Crippen LogP contribution in [-0.2, 0) is 14.8 Å². The van der Waals surface area contributed by atoms with E-state index in [1.165, 1.54) is 18.2 Å². The molecule has 0 aliphatic heterocycles. The second kappa shape index (κ2) is 10.4. The maximum Gasteiger partial charge on any atom is 0.261 e. The third-order valence-electron chi connectivity index (χ3n) is 4.66. The van der Waals surface area contributed by atoms with Crippen molar-refractivity contribution >= 4 is 49.1 Å². The number of carbonyl (C=O) groups excluding carboxylic acids is 1. The summed E-state index contributed by atoms with van der Waals surface area (Å²) in [4.78, 5) is 12.4. The summed E-state index contributed by atoms with van der Waals surface area (Å²) >= 11 is 9.22. The van der Waals surface area contributed by atoms with Gasteiger partial charge in [0.15, 0.2) is 6.61 Å². The maximum absolute atomic E-state index is 12.6. The molecule has 1 amide bonds. The van der Waals surface area contributed by atoms with Crippen molar-refractivity contribution in [3.05, 3.63) is 87.4 Å². The van der Waals surface area contributed by atoms with E-state index in [-0.39, 0.29) is 23.5 Å². The molecule has 3 aromatic carbocycles. The molecule has 0 saturated heterocycles. The molecular formula is C23H22BrClN2O4S. The first-order chi connectivity index (χ1) is 15.1. The van der Waals surface area contributed by atoms with Gasteiger partial charge in [-0.1, -0.05) is 39.7 Å². The molecule has 2 N–H and O–H groups in total. The molecule has 0 saturated carbocycles. The van der Waals surface area contributed by atoms with Gasteiger partial charge in [-0.25, -0.2) is 8.42 Å². The van der Waals surface area contributed by atoms with Crippen LogP contribution in [0.4, 0.5) is 5.69 Å². The van der Waals surface area contributed by atoms with Gasteiger partial charge in [-0.05, 0) is 79.6 Å². The van der Waals surface area contributed by atoms with Crippen LogP contribution in [-0.4, -0.2) is 20.9 Å². The lowest BCUT2D eigenvalue weighted by Crippen LogP contribution is -2.31. The minimum Gasteiger partial charge on any atom is -0.484 e. The SMILES string of the molecule is Cc1cc(S(=O)(=O)Nc2ccc(Cl)cc2)ccc1OCC(=O)NC(C)c1ccc(Br)cc1. The van der Waals surface area contributed by atoms with Crippen molar-refractivity contribution in [3.63, 3.8) is 0 Å². The van der Waals surface area contributed by atoms with Crippen LogP contribution in [0.1, 0.15) is 24.1 Å². The Labute approximate surface area is 201 Å². The average Bonchev–Trinajstić information content (AvgIpc) is 2.74. The van der Waals surface area contributed by atoms with Crippen LogP contribution in [0, 0.1) is 6.92 Å². The zero-order valence-electron chi connectivity index (χ0n) is 17.4. The van der Waals surface area contributed by atoms with Crippen molar-refractivity contribution in [1.82, 2.24) is 5.32 Å². The van der Waals surface area contributed by atoms with E-state index >= 15 is 0 Å². The molecule has 1 unspecified atom stereocenters. The molecule has 0 spiro atoms. The molecule has 168 valence electrons. The lowest BCUT2D eigenvalue weighted by atomic mass is 10.1. The van der Waals surface area contributed by atoms with Gasteiger partial charge in [0.05, 0.1) is 10.9 Å². The first kappa shape index (κ1) is 24.1. The molecule has 0 bridgehead atoms. The average molecular weight is 538 g/mol. The molecule has 0 radical (unpaired) electrons. The summed E-state index contributed by atoms with van der Waals surface area (Å²) in [5.74, 6) is 0.155. The van der Waals surface area contributed by atoms with Crippen molar-refractivity contribution in [2.24, 2.45) is 0 Å². The number of benzene rings is 3. The summed E-state index contributed by atoms with van der Waals surface area (Å²) < 4.78 is 34.4. The number of anilines is 1. The Hall–Kier alpha value is -2.55. The highest BCUT2D eigenvalue weighted by Crippen LogP contribution is 2.24. The van der Waals surface area contributed by atoms with E-state index < -0.39 is 10.0 Å². The van der Waals surface area contributed by atoms with Crippen LogP contribution in [0.25, 0.3) is 0 Å². The van der Waals surface area contributed by atoms with Crippen LogP contribution in [0.3, 0.4) is 0 Å². The maximum atomic E-state index is 12.6. The van der Waals surface area contributed by atoms with E-state index in [0.29, 0.717) is 22.0 Å². The zero-order chi connectivity index (χ0) is 23.3. The number of hydrogen-bond acceptors (Lipinski definition) is 4. The highest BCUT2D eigenvalue weighted by atomic mass is 79.9. The molecule has 3 rings (SSSR count). The predicted molar refractivity (Wildman–Crippen MR) is 130 cm³/mol. The third-order valence-corrected chi connectivity index (χ3v) is 6.82. The minimum absolute atomic E-state index is 0.0885. The van der Waals surface area contributed by atoms with E-state index in [2.05, 4.69) is 26.0 Å². The van der Waals surface area contributed by atoms with Gasteiger partial charge in [0.25, 0.3) is 15.9 Å². The van der Waals surface area contributed by atoms with E-state index in [1.54, 1.807) is 31.2 Å². The van der Waals surface area contributed by atoms with Crippen molar-refractivity contribution in [2.75, 3.05) is 11.3 Å². The highest BCUT2D eigenvalue weighted by molar-refractivity contribution is 9.10. The molecule has 3 aromatic rings. The zero-order valence-corrected chi connectivity index (χ0v) is 20.6. The van der Waals surface area contributed by atoms with Gasteiger partial charge in [-0.15, -0.1) is 0 Å². The number of hydrogen-bond donors (Lipinski definition) is 2. The number of nitrogens with one attached hydrogen (secondary N) is 2. The third kappa shape index (κ3) is 6.48. The molecule has 1 atom stereocenters. The van der Waals surface area contributed by atoms with Crippen molar-refractivity contribution in [2.45, 2.75) is 24.8 Å². The first-order valence-corrected chi connectivity index (χ1v) is 12.4. The molecule has 0 aliphatic rings. The number of sulfonamides is 1. The summed E-state index contributed by atoms with van der Waals surface area (Å²) in [6.07, 6.45) is 0. The lowest BCUT2D eigenvalue weighted by Gasteiger charge is -2.16. The molecule has 0 fully saturated rings. The van der Waals surface area contributed by atoms with Crippen molar-refractivity contribution in [1.29, 1.82) is 0 Å². The summed E-state index contributed by atoms with van der Waals surface area (Å²) in [5, 5.41) is 3.39. The smallest absolute Gasteiger partial charge is 0.261 e. The molecular weight excluding hydrogens is 516 g/mol. The van der Waals surface area contributed by atoms with Crippen LogP contribution in [0.2, 0.25) is 5.02 Å². The van der Waals surface area contributed by atoms with Gasteiger partial charge in [0.2, 0.25) is 0 Å². The number of rotatable bonds is 8. The van der Waals surface area contributed by atoms with E-state index in [9.17, 15) is 13.2 Å². The Morgan fingerprint density at radius 1 is 1.06 bits per heavy atom. The Morgan fingerprint density at radius 2 is 1.72 bits per heavy atom. The van der Waals surface area contributed by atoms with E-state index in [0.717, 1.165) is 10.0 Å².